The monoisotopic (exact) mass is 189 g/mol. The lowest BCUT2D eigenvalue weighted by Crippen LogP contribution is -2.19. The highest BCUT2D eigenvalue weighted by molar-refractivity contribution is 5.78. The van der Waals surface area contributed by atoms with Crippen LogP contribution in [-0.2, 0) is 0 Å². The minimum Gasteiger partial charge on any atom is -0.404 e. The summed E-state index contributed by atoms with van der Waals surface area (Å²) in [6.07, 6.45) is 0.406. The highest BCUT2D eigenvalue weighted by Gasteiger charge is 2.00. The van der Waals surface area contributed by atoms with Crippen LogP contribution in [0.2, 0.25) is 0 Å². The molecule has 0 aromatic rings. The molecule has 0 aliphatic heterocycles. The van der Waals surface area contributed by atoms with Crippen LogP contribution in [0.5, 0.6) is 0 Å². The molecule has 3 nitrogen and oxygen atoms in total. The van der Waals surface area contributed by atoms with Gasteiger partial charge in [0.15, 0.2) is 0 Å². The van der Waals surface area contributed by atoms with E-state index in [1.807, 2.05) is 0 Å². The van der Waals surface area contributed by atoms with Crippen molar-refractivity contribution in [2.45, 2.75) is 13.3 Å². The summed E-state index contributed by atoms with van der Waals surface area (Å²) in [6.45, 7) is 4.72. The molecule has 0 rings (SSSR count). The molecule has 0 radical (unpaired) electrons. The van der Waals surface area contributed by atoms with Gasteiger partial charge in [-0.3, -0.25) is 0 Å². The first-order valence-electron chi connectivity index (χ1n) is 3.69. The summed E-state index contributed by atoms with van der Waals surface area (Å²) in [5, 5.41) is 2.35. The third-order valence-corrected chi connectivity index (χ3v) is 1.15. The molecular weight excluding hydrogens is 176 g/mol. The zero-order valence-corrected chi connectivity index (χ0v) is 7.43. The number of hydrogen-bond donors (Lipinski definition) is 2. The van der Waals surface area contributed by atoms with Crippen LogP contribution < -0.4 is 11.1 Å². The first-order chi connectivity index (χ1) is 6.06. The number of nitrogens with two attached hydrogens (primary N) is 1. The van der Waals surface area contributed by atoms with Gasteiger partial charge in [0, 0.05) is 6.21 Å². The fourth-order valence-electron chi connectivity index (χ4n) is 0.463. The summed E-state index contributed by atoms with van der Waals surface area (Å²) in [6, 6.07) is 0. The van der Waals surface area contributed by atoms with Crippen LogP contribution in [0.4, 0.5) is 8.78 Å². The highest BCUT2D eigenvalue weighted by Crippen LogP contribution is 1.93. The van der Waals surface area contributed by atoms with Crippen LogP contribution in [0, 0.1) is 0 Å². The molecule has 13 heavy (non-hydrogen) atoms. The van der Waals surface area contributed by atoms with E-state index in [2.05, 4.69) is 16.9 Å². The van der Waals surface area contributed by atoms with Gasteiger partial charge in [0.25, 0.3) is 6.43 Å². The normalized spacial score (nSPS) is 12.5. The molecular formula is C8H13F2N3. The average molecular weight is 189 g/mol. The van der Waals surface area contributed by atoms with Crippen LogP contribution in [0.25, 0.3) is 0 Å². The third kappa shape index (κ3) is 6.99. The molecule has 0 saturated carbocycles. The smallest absolute Gasteiger partial charge is 0.255 e. The summed E-state index contributed by atoms with van der Waals surface area (Å²) in [4.78, 5) is 3.75. The SMILES string of the molecule is C=C(N=C/C(C)=C\N)NCC(F)F. The van der Waals surface area contributed by atoms with E-state index in [0.717, 1.165) is 5.57 Å². The van der Waals surface area contributed by atoms with E-state index in [9.17, 15) is 8.78 Å². The van der Waals surface area contributed by atoms with Gasteiger partial charge in [-0.05, 0) is 18.7 Å². The van der Waals surface area contributed by atoms with Crippen molar-refractivity contribution >= 4 is 6.21 Å². The Hall–Kier alpha value is -1.39. The molecule has 0 aromatic heterocycles. The molecule has 0 fully saturated rings. The molecule has 0 bridgehead atoms. The second kappa shape index (κ2) is 6.16. The minimum absolute atomic E-state index is 0.196. The van der Waals surface area contributed by atoms with E-state index in [1.165, 1.54) is 12.4 Å². The molecule has 0 aliphatic carbocycles. The molecule has 74 valence electrons. The fourth-order valence-corrected chi connectivity index (χ4v) is 0.463. The summed E-state index contributed by atoms with van der Waals surface area (Å²) < 4.78 is 23.3. The van der Waals surface area contributed by atoms with Crippen molar-refractivity contribution in [1.29, 1.82) is 0 Å². The fraction of sp³-hybridized carbons (Fsp3) is 0.375. The maximum absolute atomic E-state index is 11.7. The van der Waals surface area contributed by atoms with Crippen LogP contribution in [-0.4, -0.2) is 19.2 Å². The summed E-state index contributed by atoms with van der Waals surface area (Å²) in [5.74, 6) is 0.196. The van der Waals surface area contributed by atoms with Gasteiger partial charge in [-0.15, -0.1) is 0 Å². The Morgan fingerprint density at radius 1 is 1.69 bits per heavy atom. The van der Waals surface area contributed by atoms with Crippen molar-refractivity contribution in [1.82, 2.24) is 5.32 Å². The van der Waals surface area contributed by atoms with Crippen LogP contribution in [0.1, 0.15) is 6.92 Å². The number of halogens is 2. The number of rotatable bonds is 5. The number of allylic oxidation sites excluding steroid dienone is 1. The predicted octanol–water partition coefficient (Wildman–Crippen LogP) is 1.25. The van der Waals surface area contributed by atoms with Crippen molar-refractivity contribution in [2.24, 2.45) is 10.7 Å². The van der Waals surface area contributed by atoms with Crippen molar-refractivity contribution in [3.63, 3.8) is 0 Å². The maximum atomic E-state index is 11.7. The lowest BCUT2D eigenvalue weighted by atomic mass is 10.4. The third-order valence-electron chi connectivity index (χ3n) is 1.15. The first-order valence-corrected chi connectivity index (χ1v) is 3.69. The Labute approximate surface area is 76.0 Å². The van der Waals surface area contributed by atoms with Gasteiger partial charge in [-0.1, -0.05) is 6.58 Å². The number of hydrogen-bond acceptors (Lipinski definition) is 3. The van der Waals surface area contributed by atoms with E-state index in [1.54, 1.807) is 6.92 Å². The average Bonchev–Trinajstić information content (AvgIpc) is 2.10. The van der Waals surface area contributed by atoms with Gasteiger partial charge in [-0.2, -0.15) is 0 Å². The van der Waals surface area contributed by atoms with Gasteiger partial charge >= 0.3 is 0 Å². The van der Waals surface area contributed by atoms with E-state index < -0.39 is 13.0 Å². The molecule has 3 N–H and O–H groups in total. The summed E-state index contributed by atoms with van der Waals surface area (Å²) in [5.41, 5.74) is 5.89. The predicted molar refractivity (Wildman–Crippen MR) is 49.6 cm³/mol. The van der Waals surface area contributed by atoms with Crippen LogP contribution in [0.3, 0.4) is 0 Å². The maximum Gasteiger partial charge on any atom is 0.255 e. The van der Waals surface area contributed by atoms with Crippen LogP contribution in [0.15, 0.2) is 29.2 Å². The van der Waals surface area contributed by atoms with E-state index in [0.29, 0.717) is 0 Å². The van der Waals surface area contributed by atoms with Crippen molar-refractivity contribution in [3.05, 3.63) is 24.2 Å². The Kier molecular flexibility index (Phi) is 5.50. The molecule has 0 amide bonds. The van der Waals surface area contributed by atoms with Crippen LogP contribution >= 0.6 is 0 Å². The zero-order valence-electron chi connectivity index (χ0n) is 7.43. The largest absolute Gasteiger partial charge is 0.404 e. The van der Waals surface area contributed by atoms with Crippen molar-refractivity contribution in [2.75, 3.05) is 6.54 Å². The summed E-state index contributed by atoms with van der Waals surface area (Å²) in [7, 11) is 0. The van der Waals surface area contributed by atoms with Gasteiger partial charge in [0.05, 0.1) is 6.54 Å². The van der Waals surface area contributed by atoms with Crippen molar-refractivity contribution < 1.29 is 8.78 Å². The second-order valence-corrected chi connectivity index (χ2v) is 2.39. The lowest BCUT2D eigenvalue weighted by molar-refractivity contribution is 0.149. The quantitative estimate of drug-likeness (QED) is 0.639. The minimum atomic E-state index is -2.40. The number of aliphatic imine (C=N–C) groups is 1. The second-order valence-electron chi connectivity index (χ2n) is 2.39. The molecule has 0 heterocycles. The van der Waals surface area contributed by atoms with Crippen molar-refractivity contribution in [3.8, 4) is 0 Å². The van der Waals surface area contributed by atoms with Gasteiger partial charge in [0.1, 0.15) is 5.82 Å². The number of nitrogens with one attached hydrogen (secondary N) is 1. The Bertz CT molecular complexity index is 221. The van der Waals surface area contributed by atoms with Gasteiger partial charge < -0.3 is 11.1 Å². The molecule has 0 unspecified atom stereocenters. The Morgan fingerprint density at radius 2 is 2.31 bits per heavy atom. The topological polar surface area (TPSA) is 50.4 Å². The van der Waals surface area contributed by atoms with E-state index in [4.69, 9.17) is 5.73 Å². The lowest BCUT2D eigenvalue weighted by Gasteiger charge is -2.02. The molecule has 0 aliphatic rings. The molecule has 0 saturated heterocycles. The summed E-state index contributed by atoms with van der Waals surface area (Å²) >= 11 is 0. The molecule has 5 heteroatoms. The first kappa shape index (κ1) is 11.6. The van der Waals surface area contributed by atoms with Gasteiger partial charge in [-0.25, -0.2) is 13.8 Å². The number of nitrogens with zero attached hydrogens (tertiary/aromatic N) is 1. The molecule has 0 atom stereocenters. The molecule has 0 aromatic carbocycles. The Balaban J connectivity index is 3.81. The Morgan fingerprint density at radius 3 is 2.77 bits per heavy atom. The zero-order chi connectivity index (χ0) is 10.3. The standard InChI is InChI=1S/C8H13F2N3/c1-6(3-11)4-12-7(2)13-5-8(9)10/h3-4,8,13H,2,5,11H2,1H3/b6-3-,12-4?. The highest BCUT2D eigenvalue weighted by atomic mass is 19.3. The number of alkyl halides is 2. The molecule has 0 spiro atoms. The van der Waals surface area contributed by atoms with E-state index >= 15 is 0 Å². The van der Waals surface area contributed by atoms with E-state index in [-0.39, 0.29) is 5.82 Å². The van der Waals surface area contributed by atoms with Gasteiger partial charge in [0.2, 0.25) is 0 Å².